The maximum absolute atomic E-state index is 12.8. The van der Waals surface area contributed by atoms with Crippen molar-refractivity contribution in [1.29, 1.82) is 0 Å². The monoisotopic (exact) mass is 333 g/mol. The number of likely N-dealkylation sites (tertiary alicyclic amines) is 1. The third-order valence-electron chi connectivity index (χ3n) is 7.08. The minimum atomic E-state index is 0. The largest absolute Gasteiger partial charge is 0.303 e. The first-order chi connectivity index (χ1) is 10.6. The Hall–Kier alpha value is -0.860. The van der Waals surface area contributed by atoms with Crippen molar-refractivity contribution in [3.05, 3.63) is 35.4 Å². The van der Waals surface area contributed by atoms with Crippen LogP contribution in [-0.4, -0.2) is 30.3 Å². The van der Waals surface area contributed by atoms with Crippen LogP contribution in [0.2, 0.25) is 0 Å². The summed E-state index contributed by atoms with van der Waals surface area (Å²) < 4.78 is 0. The van der Waals surface area contributed by atoms with E-state index in [0.29, 0.717) is 23.7 Å². The molecule has 0 N–H and O–H groups in total. The lowest BCUT2D eigenvalue weighted by Gasteiger charge is -2.61. The number of carbonyl (C=O) groups is 1. The normalized spacial score (nSPS) is 39.2. The standard InChI is InChI=1S/C20H27NO.ClH/c1-4-15-13(2)18(22)12-20-9-10-21(3)17(19(15)20)11-14-7-5-6-8-16(14)20;/h5-8,13,15,17,19H,4,9-12H2,1-3H3;1H/t13-,15-,17+,19-,20+;/m0./s1. The Morgan fingerprint density at radius 2 is 2.04 bits per heavy atom. The van der Waals surface area contributed by atoms with Crippen molar-refractivity contribution in [2.24, 2.45) is 17.8 Å². The highest BCUT2D eigenvalue weighted by Crippen LogP contribution is 2.58. The smallest absolute Gasteiger partial charge is 0.136 e. The molecule has 1 saturated heterocycles. The first kappa shape index (κ1) is 17.0. The molecular formula is C20H28ClNO. The highest BCUT2D eigenvalue weighted by molar-refractivity contribution is 5.85. The number of carbonyl (C=O) groups excluding carboxylic acids is 1. The summed E-state index contributed by atoms with van der Waals surface area (Å²) in [6.45, 7) is 5.59. The minimum absolute atomic E-state index is 0. The van der Waals surface area contributed by atoms with Crippen molar-refractivity contribution in [2.75, 3.05) is 13.6 Å². The van der Waals surface area contributed by atoms with Gasteiger partial charge in [-0.2, -0.15) is 0 Å². The van der Waals surface area contributed by atoms with Gasteiger partial charge in [0.2, 0.25) is 0 Å². The molecule has 1 aromatic carbocycles. The second-order valence-electron chi connectivity index (χ2n) is 7.85. The topological polar surface area (TPSA) is 20.3 Å². The molecule has 2 nitrogen and oxygen atoms in total. The molecule has 126 valence electrons. The number of halogens is 1. The van der Waals surface area contributed by atoms with Crippen LogP contribution in [0.5, 0.6) is 0 Å². The van der Waals surface area contributed by atoms with Crippen molar-refractivity contribution in [3.63, 3.8) is 0 Å². The van der Waals surface area contributed by atoms with Gasteiger partial charge in [0.1, 0.15) is 5.78 Å². The summed E-state index contributed by atoms with van der Waals surface area (Å²) in [6, 6.07) is 9.56. The number of likely N-dealkylation sites (N-methyl/N-ethyl adjacent to an activating group) is 1. The molecule has 0 unspecified atom stereocenters. The lowest BCUT2D eigenvalue weighted by atomic mass is 9.47. The maximum Gasteiger partial charge on any atom is 0.136 e. The zero-order valence-corrected chi connectivity index (χ0v) is 15.2. The number of ketones is 1. The molecule has 0 aromatic heterocycles. The van der Waals surface area contributed by atoms with E-state index in [2.05, 4.69) is 50.1 Å². The van der Waals surface area contributed by atoms with E-state index < -0.39 is 0 Å². The van der Waals surface area contributed by atoms with Crippen LogP contribution in [0.4, 0.5) is 0 Å². The molecular weight excluding hydrogens is 306 g/mol. The number of nitrogens with zero attached hydrogens (tertiary/aromatic N) is 1. The van der Waals surface area contributed by atoms with Crippen molar-refractivity contribution < 1.29 is 4.79 Å². The number of fused-ring (bicyclic) bond motifs is 1. The second-order valence-corrected chi connectivity index (χ2v) is 7.85. The third kappa shape index (κ3) is 2.21. The van der Waals surface area contributed by atoms with Gasteiger partial charge in [-0.25, -0.2) is 0 Å². The van der Waals surface area contributed by atoms with Crippen LogP contribution in [0.3, 0.4) is 0 Å². The number of Topliss-reactive ketones (excluding diaryl/α,β-unsaturated/α-hetero) is 1. The van der Waals surface area contributed by atoms with Gasteiger partial charge < -0.3 is 4.90 Å². The Balaban J connectivity index is 0.00000156. The molecule has 1 aromatic rings. The van der Waals surface area contributed by atoms with Gasteiger partial charge in [0.25, 0.3) is 0 Å². The van der Waals surface area contributed by atoms with Gasteiger partial charge in [0, 0.05) is 23.8 Å². The third-order valence-corrected chi connectivity index (χ3v) is 7.08. The Morgan fingerprint density at radius 1 is 1.30 bits per heavy atom. The van der Waals surface area contributed by atoms with E-state index in [4.69, 9.17) is 0 Å². The zero-order valence-electron chi connectivity index (χ0n) is 14.4. The lowest BCUT2D eigenvalue weighted by Crippen LogP contribution is -2.64. The van der Waals surface area contributed by atoms with Crippen molar-refractivity contribution in [1.82, 2.24) is 4.90 Å². The van der Waals surface area contributed by atoms with Crippen LogP contribution >= 0.6 is 12.4 Å². The Bertz CT molecular complexity index is 615. The van der Waals surface area contributed by atoms with Gasteiger partial charge in [-0.3, -0.25) is 4.79 Å². The SMILES string of the molecule is CC[C@@H]1[C@H]2[C@H]3Cc4ccccc4[C@@]2(CCN3C)CC(=O)[C@H]1C.Cl. The predicted molar refractivity (Wildman–Crippen MR) is 96.2 cm³/mol. The van der Waals surface area contributed by atoms with E-state index in [-0.39, 0.29) is 23.7 Å². The molecule has 1 aliphatic heterocycles. The summed E-state index contributed by atoms with van der Waals surface area (Å²) in [5, 5.41) is 0. The van der Waals surface area contributed by atoms with Crippen LogP contribution in [0.25, 0.3) is 0 Å². The van der Waals surface area contributed by atoms with Gasteiger partial charge in [0.15, 0.2) is 0 Å². The molecule has 2 bridgehead atoms. The fraction of sp³-hybridized carbons (Fsp3) is 0.650. The number of hydrogen-bond donors (Lipinski definition) is 0. The number of rotatable bonds is 1. The molecule has 2 fully saturated rings. The molecule has 1 heterocycles. The van der Waals surface area contributed by atoms with E-state index in [1.807, 2.05) is 0 Å². The summed E-state index contributed by atoms with van der Waals surface area (Å²) in [6.07, 6.45) is 4.22. The number of piperidine rings is 1. The first-order valence-corrected chi connectivity index (χ1v) is 8.90. The van der Waals surface area contributed by atoms with Crippen molar-refractivity contribution in [3.8, 4) is 0 Å². The minimum Gasteiger partial charge on any atom is -0.303 e. The molecule has 0 radical (unpaired) electrons. The number of hydrogen-bond acceptors (Lipinski definition) is 2. The highest BCUT2D eigenvalue weighted by Gasteiger charge is 2.59. The average Bonchev–Trinajstić information content (AvgIpc) is 2.52. The van der Waals surface area contributed by atoms with Gasteiger partial charge >= 0.3 is 0 Å². The number of benzene rings is 1. The zero-order chi connectivity index (χ0) is 15.5. The van der Waals surface area contributed by atoms with Gasteiger partial charge in [-0.1, -0.05) is 44.5 Å². The van der Waals surface area contributed by atoms with Crippen molar-refractivity contribution >= 4 is 18.2 Å². The highest BCUT2D eigenvalue weighted by atomic mass is 35.5. The molecule has 3 aliphatic rings. The van der Waals surface area contributed by atoms with Crippen molar-refractivity contribution in [2.45, 2.75) is 51.0 Å². The summed E-state index contributed by atoms with van der Waals surface area (Å²) in [5.41, 5.74) is 3.12. The first-order valence-electron chi connectivity index (χ1n) is 8.90. The molecule has 0 amide bonds. The molecule has 5 atom stereocenters. The van der Waals surface area contributed by atoms with Gasteiger partial charge in [-0.15, -0.1) is 12.4 Å². The van der Waals surface area contributed by atoms with Gasteiger partial charge in [-0.05, 0) is 49.4 Å². The van der Waals surface area contributed by atoms with Crippen LogP contribution in [0, 0.1) is 17.8 Å². The summed E-state index contributed by atoms with van der Waals surface area (Å²) >= 11 is 0. The molecule has 0 spiro atoms. The van der Waals surface area contributed by atoms with E-state index in [1.165, 1.54) is 11.1 Å². The average molecular weight is 334 g/mol. The fourth-order valence-electron chi connectivity index (χ4n) is 5.98. The lowest BCUT2D eigenvalue weighted by molar-refractivity contribution is -0.138. The summed E-state index contributed by atoms with van der Waals surface area (Å²) in [4.78, 5) is 15.4. The quantitative estimate of drug-likeness (QED) is 0.778. The van der Waals surface area contributed by atoms with Crippen LogP contribution < -0.4 is 0 Å². The second kappa shape index (κ2) is 5.89. The van der Waals surface area contributed by atoms with E-state index >= 15 is 0 Å². The van der Waals surface area contributed by atoms with E-state index in [1.54, 1.807) is 0 Å². The van der Waals surface area contributed by atoms with Gasteiger partial charge in [0.05, 0.1) is 0 Å². The molecule has 2 aliphatic carbocycles. The molecule has 3 heteroatoms. The van der Waals surface area contributed by atoms with Crippen LogP contribution in [-0.2, 0) is 16.6 Å². The Morgan fingerprint density at radius 3 is 2.78 bits per heavy atom. The molecule has 1 saturated carbocycles. The molecule has 23 heavy (non-hydrogen) atoms. The van der Waals surface area contributed by atoms with E-state index in [9.17, 15) is 4.79 Å². The summed E-state index contributed by atoms with van der Waals surface area (Å²) in [5.74, 6) is 1.94. The Kier molecular flexibility index (Phi) is 4.35. The molecule has 4 rings (SSSR count). The van der Waals surface area contributed by atoms with Crippen LogP contribution in [0.15, 0.2) is 24.3 Å². The van der Waals surface area contributed by atoms with Crippen LogP contribution in [0.1, 0.15) is 44.2 Å². The maximum atomic E-state index is 12.8. The Labute approximate surface area is 146 Å². The van der Waals surface area contributed by atoms with E-state index in [0.717, 1.165) is 32.2 Å². The summed E-state index contributed by atoms with van der Waals surface area (Å²) in [7, 11) is 2.29. The predicted octanol–water partition coefficient (Wildman–Crippen LogP) is 3.86. The fourth-order valence-corrected chi connectivity index (χ4v) is 5.98.